The van der Waals surface area contributed by atoms with Gasteiger partial charge in [-0.1, -0.05) is 303 Å². The fourth-order valence-corrected chi connectivity index (χ4v) is 14.6. The molecule has 2 aliphatic carbocycles. The predicted octanol–water partition coefficient (Wildman–Crippen LogP) is 20.0. The first-order valence-corrected chi connectivity index (χ1v) is 27.3. The molecule has 0 N–H and O–H groups in total. The molecule has 0 saturated carbocycles. The van der Waals surface area contributed by atoms with Crippen molar-refractivity contribution in [1.29, 1.82) is 0 Å². The van der Waals surface area contributed by atoms with Crippen molar-refractivity contribution >= 4 is 43.1 Å². The molecule has 0 amide bonds. The average Bonchev–Trinajstić information content (AvgIpc) is 2.47. The van der Waals surface area contributed by atoms with Crippen molar-refractivity contribution in [1.82, 2.24) is 0 Å². The Kier molecular flexibility index (Phi) is 9.87. The minimum atomic E-state index is -0.528. The second kappa shape index (κ2) is 17.3. The third kappa shape index (κ3) is 6.12. The van der Waals surface area contributed by atoms with Gasteiger partial charge in [0.15, 0.2) is 0 Å². The molecule has 0 atom stereocenters. The number of hydrogen-bond donors (Lipinski definition) is 0. The molecule has 0 aromatic heterocycles. The van der Waals surface area contributed by atoms with Crippen LogP contribution in [0.15, 0.2) is 303 Å². The molecular formula is C78H50. The van der Waals surface area contributed by atoms with Crippen LogP contribution in [0.2, 0.25) is 0 Å². The summed E-state index contributed by atoms with van der Waals surface area (Å²) >= 11 is 0. The van der Waals surface area contributed by atoms with E-state index in [4.69, 9.17) is 0 Å². The van der Waals surface area contributed by atoms with Gasteiger partial charge in [-0.05, 0) is 143 Å². The topological polar surface area (TPSA) is 0 Å². The molecule has 0 aliphatic heterocycles. The van der Waals surface area contributed by atoms with Crippen molar-refractivity contribution in [2.45, 2.75) is 10.8 Å². The lowest BCUT2D eigenvalue weighted by molar-refractivity contribution is 0.750. The molecule has 0 spiro atoms. The Morgan fingerprint density at radius 1 is 0.167 bits per heavy atom. The molecular weight excluding hydrogens is 937 g/mol. The van der Waals surface area contributed by atoms with E-state index in [0.29, 0.717) is 0 Å². The quantitative estimate of drug-likeness (QED) is 0.140. The highest BCUT2D eigenvalue weighted by Crippen LogP contribution is 2.60. The van der Waals surface area contributed by atoms with Crippen LogP contribution in [-0.2, 0) is 10.8 Å². The zero-order chi connectivity index (χ0) is 51.4. The lowest BCUT2D eigenvalue weighted by Crippen LogP contribution is -2.34. The molecule has 16 rings (SSSR count). The standard InChI is InChI=1S/C78H50/c1-5-23-55(24-6-1)77(56-25-7-2-8-26-56)67-39-19-17-35-63(67)73-61-33-15-13-31-59(61)71(65-37-21-41-69(77)75(65)73)53-47-43-51(44-48-53)52-45-49-54(50-46-52)72-60-32-14-16-34-62(60)74-64-36-18-20-40-68(64)78(57-27-9-3-10-28-57,58-29-11-4-12-30-58)70-42-22-38-66(72)76(70)74/h1-50H. The molecule has 78 heavy (non-hydrogen) atoms. The van der Waals surface area contributed by atoms with Crippen molar-refractivity contribution in [3.8, 4) is 55.6 Å². The van der Waals surface area contributed by atoms with Crippen LogP contribution in [-0.4, -0.2) is 0 Å². The van der Waals surface area contributed by atoms with E-state index >= 15 is 0 Å². The van der Waals surface area contributed by atoms with Gasteiger partial charge in [0.25, 0.3) is 0 Å². The maximum Gasteiger partial charge on any atom is 0.0713 e. The minimum absolute atomic E-state index is 0.528. The zero-order valence-corrected chi connectivity index (χ0v) is 42.9. The van der Waals surface area contributed by atoms with Crippen LogP contribution in [0.4, 0.5) is 0 Å². The molecule has 0 nitrogen and oxygen atoms in total. The molecule has 2 aliphatic rings. The van der Waals surface area contributed by atoms with E-state index in [0.717, 1.165) is 0 Å². The molecule has 14 aromatic rings. The molecule has 0 fully saturated rings. The van der Waals surface area contributed by atoms with Crippen molar-refractivity contribution < 1.29 is 0 Å². The van der Waals surface area contributed by atoms with E-state index in [9.17, 15) is 0 Å². The third-order valence-electron chi connectivity index (χ3n) is 17.6. The van der Waals surface area contributed by atoms with Crippen LogP contribution < -0.4 is 0 Å². The van der Waals surface area contributed by atoms with Gasteiger partial charge >= 0.3 is 0 Å². The fraction of sp³-hybridized carbons (Fsp3) is 0.0256. The van der Waals surface area contributed by atoms with E-state index in [1.165, 1.54) is 143 Å². The van der Waals surface area contributed by atoms with E-state index in [2.05, 4.69) is 303 Å². The maximum absolute atomic E-state index is 2.39. The summed E-state index contributed by atoms with van der Waals surface area (Å²) < 4.78 is 0. The zero-order valence-electron chi connectivity index (χ0n) is 42.9. The summed E-state index contributed by atoms with van der Waals surface area (Å²) in [5.74, 6) is 0. The summed E-state index contributed by atoms with van der Waals surface area (Å²) in [6.45, 7) is 0. The Morgan fingerprint density at radius 2 is 0.423 bits per heavy atom. The van der Waals surface area contributed by atoms with Crippen LogP contribution in [0.1, 0.15) is 44.5 Å². The lowest BCUT2D eigenvalue weighted by atomic mass is 9.59. The van der Waals surface area contributed by atoms with Crippen LogP contribution >= 0.6 is 0 Å². The van der Waals surface area contributed by atoms with Crippen molar-refractivity contribution in [2.24, 2.45) is 0 Å². The van der Waals surface area contributed by atoms with Crippen LogP contribution in [0.25, 0.3) is 98.7 Å². The van der Waals surface area contributed by atoms with Gasteiger partial charge in [-0.15, -0.1) is 0 Å². The Hall–Kier alpha value is -9.88. The minimum Gasteiger partial charge on any atom is -0.0622 e. The van der Waals surface area contributed by atoms with Crippen molar-refractivity contribution in [3.05, 3.63) is 348 Å². The maximum atomic E-state index is 2.39. The highest BCUT2D eigenvalue weighted by atomic mass is 14.5. The highest BCUT2D eigenvalue weighted by molar-refractivity contribution is 6.25. The first kappa shape index (κ1) is 44.4. The van der Waals surface area contributed by atoms with E-state index in [1.54, 1.807) is 0 Å². The van der Waals surface area contributed by atoms with Crippen LogP contribution in [0.5, 0.6) is 0 Å². The molecule has 0 unspecified atom stereocenters. The molecule has 362 valence electrons. The second-order valence-corrected chi connectivity index (χ2v) is 21.3. The van der Waals surface area contributed by atoms with Crippen LogP contribution in [0, 0.1) is 0 Å². The van der Waals surface area contributed by atoms with Gasteiger partial charge in [0.2, 0.25) is 0 Å². The van der Waals surface area contributed by atoms with Crippen LogP contribution in [0.3, 0.4) is 0 Å². The first-order valence-electron chi connectivity index (χ1n) is 27.3. The Labute approximate surface area is 454 Å². The summed E-state index contributed by atoms with van der Waals surface area (Å²) in [6.07, 6.45) is 0. The van der Waals surface area contributed by atoms with E-state index in [1.807, 2.05) is 0 Å². The molecule has 14 aromatic carbocycles. The molecule has 0 saturated heterocycles. The number of rotatable bonds is 7. The molecule has 0 heterocycles. The van der Waals surface area contributed by atoms with Gasteiger partial charge in [-0.25, -0.2) is 0 Å². The van der Waals surface area contributed by atoms with E-state index < -0.39 is 10.8 Å². The van der Waals surface area contributed by atoms with Gasteiger partial charge < -0.3 is 0 Å². The van der Waals surface area contributed by atoms with Gasteiger partial charge in [-0.3, -0.25) is 0 Å². The van der Waals surface area contributed by atoms with Crippen molar-refractivity contribution in [2.75, 3.05) is 0 Å². The normalized spacial score (nSPS) is 13.6. The molecule has 0 bridgehead atoms. The summed E-state index contributed by atoms with van der Waals surface area (Å²) in [5, 5.41) is 10.2. The van der Waals surface area contributed by atoms with Gasteiger partial charge in [0.05, 0.1) is 10.8 Å². The first-order chi connectivity index (χ1) is 38.7. The number of hydrogen-bond acceptors (Lipinski definition) is 0. The SMILES string of the molecule is c1ccc(C2(c3ccccc3)c3ccccc3-c3c4ccccc4c(-c4ccc(-c5ccc(-c6c7ccccc7c7c8c(cccc68)C(c6ccccc6)(c6ccccc6)c6ccccc6-7)cc5)cc4)c4cccc2c34)cc1. The largest absolute Gasteiger partial charge is 0.0713 e. The van der Waals surface area contributed by atoms with Crippen molar-refractivity contribution in [3.63, 3.8) is 0 Å². The molecule has 0 radical (unpaired) electrons. The Balaban J connectivity index is 0.858. The lowest BCUT2D eigenvalue weighted by Gasteiger charge is -2.42. The number of benzene rings is 14. The summed E-state index contributed by atoms with van der Waals surface area (Å²) in [5.41, 5.74) is 21.8. The Bertz CT molecular complexity index is 4290. The fourth-order valence-electron chi connectivity index (χ4n) is 14.6. The van der Waals surface area contributed by atoms with Gasteiger partial charge in [0, 0.05) is 0 Å². The number of fused-ring (bicyclic) bond motifs is 8. The smallest absolute Gasteiger partial charge is 0.0622 e. The Morgan fingerprint density at radius 3 is 0.769 bits per heavy atom. The average molecular weight is 987 g/mol. The summed E-state index contributed by atoms with van der Waals surface area (Å²) in [7, 11) is 0. The third-order valence-corrected chi connectivity index (χ3v) is 17.6. The molecule has 0 heteroatoms. The monoisotopic (exact) mass is 986 g/mol. The summed E-state index contributed by atoms with van der Waals surface area (Å²) in [6, 6.07) is 114. The van der Waals surface area contributed by atoms with E-state index in [-0.39, 0.29) is 0 Å². The highest BCUT2D eigenvalue weighted by Gasteiger charge is 2.46. The van der Waals surface area contributed by atoms with Gasteiger partial charge in [0.1, 0.15) is 0 Å². The summed E-state index contributed by atoms with van der Waals surface area (Å²) in [4.78, 5) is 0. The van der Waals surface area contributed by atoms with Gasteiger partial charge in [-0.2, -0.15) is 0 Å². The second-order valence-electron chi connectivity index (χ2n) is 21.3. The predicted molar refractivity (Wildman–Crippen MR) is 327 cm³/mol.